The Morgan fingerprint density at radius 1 is 1.33 bits per heavy atom. The third-order valence-corrected chi connectivity index (χ3v) is 2.06. The monoisotopic (exact) mass is 215 g/mol. The summed E-state index contributed by atoms with van der Waals surface area (Å²) >= 11 is 0. The van der Waals surface area contributed by atoms with Gasteiger partial charge in [0.2, 0.25) is 0 Å². The molecule has 0 aliphatic carbocycles. The molecule has 1 saturated heterocycles. The van der Waals surface area contributed by atoms with Crippen LogP contribution in [0.3, 0.4) is 0 Å². The van der Waals surface area contributed by atoms with Crippen LogP contribution in [0, 0.1) is 5.92 Å². The summed E-state index contributed by atoms with van der Waals surface area (Å²) in [4.78, 5) is 37.8. The number of hydrogen-bond acceptors (Lipinski definition) is 5. The first-order chi connectivity index (χ1) is 6.93. The summed E-state index contributed by atoms with van der Waals surface area (Å²) in [5.74, 6) is -2.41. The Morgan fingerprint density at radius 3 is 2.20 bits per heavy atom. The van der Waals surface area contributed by atoms with Crippen LogP contribution in [0.2, 0.25) is 0 Å². The van der Waals surface area contributed by atoms with Crippen molar-refractivity contribution in [3.8, 4) is 0 Å². The first-order valence-electron chi connectivity index (χ1n) is 4.69. The Balaban J connectivity index is 2.58. The predicted molar refractivity (Wildman–Crippen MR) is 48.0 cm³/mol. The van der Waals surface area contributed by atoms with Crippen LogP contribution in [0.5, 0.6) is 0 Å². The molecule has 1 aliphatic heterocycles. The molecule has 84 valence electrons. The summed E-state index contributed by atoms with van der Waals surface area (Å²) in [6, 6.07) is 0. The van der Waals surface area contributed by atoms with Crippen LogP contribution in [-0.4, -0.2) is 34.1 Å². The zero-order chi connectivity index (χ0) is 11.6. The lowest BCUT2D eigenvalue weighted by atomic mass is 10.1. The van der Waals surface area contributed by atoms with Gasteiger partial charge in [-0.05, 0) is 5.92 Å². The molecule has 0 saturated carbocycles. The highest BCUT2D eigenvalue weighted by Gasteiger charge is 2.34. The quantitative estimate of drug-likeness (QED) is 0.648. The molecule has 0 bridgehead atoms. The van der Waals surface area contributed by atoms with Crippen LogP contribution in [0.15, 0.2) is 0 Å². The smallest absolute Gasteiger partial charge is 0.361 e. The zero-order valence-electron chi connectivity index (χ0n) is 8.60. The number of amides is 2. The molecule has 1 atom stereocenters. The summed E-state index contributed by atoms with van der Waals surface area (Å²) in [7, 11) is 0. The van der Waals surface area contributed by atoms with E-state index >= 15 is 0 Å². The number of rotatable bonds is 3. The van der Waals surface area contributed by atoms with Crippen LogP contribution in [0.1, 0.15) is 26.7 Å². The lowest BCUT2D eigenvalue weighted by Gasteiger charge is -2.17. The summed E-state index contributed by atoms with van der Waals surface area (Å²) in [6.07, 6.45) is -1.24. The van der Waals surface area contributed by atoms with E-state index in [1.165, 1.54) is 0 Å². The molecule has 1 unspecified atom stereocenters. The molecular formula is C9H13NO5. The van der Waals surface area contributed by atoms with Gasteiger partial charge in [0, 0.05) is 12.8 Å². The SMILES string of the molecule is CC(C)C(O)C(=O)ON1C(=O)CCC1=O. The van der Waals surface area contributed by atoms with E-state index < -0.39 is 23.9 Å². The molecule has 1 rings (SSSR count). The number of aliphatic hydroxyl groups excluding tert-OH is 1. The van der Waals surface area contributed by atoms with Crippen molar-refractivity contribution in [1.29, 1.82) is 0 Å². The molecule has 0 radical (unpaired) electrons. The van der Waals surface area contributed by atoms with Gasteiger partial charge in [0.05, 0.1) is 0 Å². The first kappa shape index (κ1) is 11.6. The highest BCUT2D eigenvalue weighted by Crippen LogP contribution is 2.14. The average Bonchev–Trinajstić information content (AvgIpc) is 2.47. The van der Waals surface area contributed by atoms with Gasteiger partial charge in [0.25, 0.3) is 11.8 Å². The van der Waals surface area contributed by atoms with Crippen LogP contribution in [-0.2, 0) is 19.2 Å². The second kappa shape index (κ2) is 4.39. The van der Waals surface area contributed by atoms with Gasteiger partial charge >= 0.3 is 5.97 Å². The molecule has 0 aromatic heterocycles. The van der Waals surface area contributed by atoms with Gasteiger partial charge in [-0.25, -0.2) is 4.79 Å². The van der Waals surface area contributed by atoms with Crippen molar-refractivity contribution in [2.45, 2.75) is 32.8 Å². The van der Waals surface area contributed by atoms with E-state index in [9.17, 15) is 19.5 Å². The van der Waals surface area contributed by atoms with Crippen molar-refractivity contribution in [2.75, 3.05) is 0 Å². The maximum Gasteiger partial charge on any atom is 0.361 e. The maximum absolute atomic E-state index is 11.2. The molecule has 1 N–H and O–H groups in total. The number of carbonyl (C=O) groups excluding carboxylic acids is 3. The topological polar surface area (TPSA) is 83.9 Å². The van der Waals surface area contributed by atoms with Crippen LogP contribution in [0.25, 0.3) is 0 Å². The van der Waals surface area contributed by atoms with Crippen LogP contribution in [0.4, 0.5) is 0 Å². The van der Waals surface area contributed by atoms with E-state index in [0.29, 0.717) is 5.06 Å². The molecule has 1 fully saturated rings. The molecule has 6 nitrogen and oxygen atoms in total. The summed E-state index contributed by atoms with van der Waals surface area (Å²) in [5.41, 5.74) is 0. The van der Waals surface area contributed by atoms with E-state index in [1.807, 2.05) is 0 Å². The number of carbonyl (C=O) groups is 3. The van der Waals surface area contributed by atoms with Gasteiger partial charge in [-0.1, -0.05) is 13.8 Å². The third-order valence-electron chi connectivity index (χ3n) is 2.06. The van der Waals surface area contributed by atoms with Crippen molar-refractivity contribution >= 4 is 17.8 Å². The molecule has 15 heavy (non-hydrogen) atoms. The molecule has 0 aromatic carbocycles. The Labute approximate surface area is 86.8 Å². The molecule has 6 heteroatoms. The van der Waals surface area contributed by atoms with Crippen molar-refractivity contribution < 1.29 is 24.3 Å². The molecule has 2 amide bonds. The van der Waals surface area contributed by atoms with Crippen molar-refractivity contribution in [3.63, 3.8) is 0 Å². The van der Waals surface area contributed by atoms with Gasteiger partial charge in [0.1, 0.15) is 0 Å². The molecule has 0 aromatic rings. The largest absolute Gasteiger partial charge is 0.381 e. The summed E-state index contributed by atoms with van der Waals surface area (Å²) < 4.78 is 0. The highest BCUT2D eigenvalue weighted by atomic mass is 16.7. The minimum Gasteiger partial charge on any atom is -0.381 e. The fraction of sp³-hybridized carbons (Fsp3) is 0.667. The van der Waals surface area contributed by atoms with Gasteiger partial charge < -0.3 is 9.94 Å². The minimum atomic E-state index is -1.33. The Bertz CT molecular complexity index is 283. The van der Waals surface area contributed by atoms with Gasteiger partial charge in [-0.15, -0.1) is 5.06 Å². The number of aliphatic hydroxyl groups is 1. The average molecular weight is 215 g/mol. The zero-order valence-corrected chi connectivity index (χ0v) is 8.60. The second-order valence-corrected chi connectivity index (χ2v) is 3.68. The first-order valence-corrected chi connectivity index (χ1v) is 4.69. The third kappa shape index (κ3) is 2.53. The van der Waals surface area contributed by atoms with E-state index in [1.54, 1.807) is 13.8 Å². The number of hydroxylamine groups is 2. The molecular weight excluding hydrogens is 202 g/mol. The fourth-order valence-electron chi connectivity index (χ4n) is 1.07. The van der Waals surface area contributed by atoms with Crippen LogP contribution < -0.4 is 0 Å². The Morgan fingerprint density at radius 2 is 1.80 bits per heavy atom. The van der Waals surface area contributed by atoms with Crippen molar-refractivity contribution in [1.82, 2.24) is 5.06 Å². The molecule has 1 heterocycles. The lowest BCUT2D eigenvalue weighted by molar-refractivity contribution is -0.204. The Kier molecular flexibility index (Phi) is 3.41. The molecule has 0 spiro atoms. The van der Waals surface area contributed by atoms with Gasteiger partial charge in [-0.2, -0.15) is 0 Å². The van der Waals surface area contributed by atoms with E-state index in [-0.39, 0.29) is 18.8 Å². The van der Waals surface area contributed by atoms with E-state index in [4.69, 9.17) is 0 Å². The summed E-state index contributed by atoms with van der Waals surface area (Å²) in [5, 5.41) is 9.73. The number of imide groups is 1. The Hall–Kier alpha value is -1.43. The van der Waals surface area contributed by atoms with Crippen LogP contribution >= 0.6 is 0 Å². The van der Waals surface area contributed by atoms with Gasteiger partial charge in [-0.3, -0.25) is 9.59 Å². The summed E-state index contributed by atoms with van der Waals surface area (Å²) in [6.45, 7) is 3.25. The molecule has 1 aliphatic rings. The van der Waals surface area contributed by atoms with E-state index in [0.717, 1.165) is 0 Å². The van der Waals surface area contributed by atoms with E-state index in [2.05, 4.69) is 4.84 Å². The predicted octanol–water partition coefficient (Wildman–Crippen LogP) is -0.390. The highest BCUT2D eigenvalue weighted by molar-refractivity contribution is 6.01. The standard InChI is InChI=1S/C9H13NO5/c1-5(2)8(13)9(14)15-10-6(11)3-4-7(10)12/h5,8,13H,3-4H2,1-2H3. The number of hydrogen-bond donors (Lipinski definition) is 1. The fourth-order valence-corrected chi connectivity index (χ4v) is 1.07. The normalized spacial score (nSPS) is 18.5. The second-order valence-electron chi connectivity index (χ2n) is 3.68. The van der Waals surface area contributed by atoms with Crippen molar-refractivity contribution in [3.05, 3.63) is 0 Å². The van der Waals surface area contributed by atoms with Crippen molar-refractivity contribution in [2.24, 2.45) is 5.92 Å². The lowest BCUT2D eigenvalue weighted by Crippen LogP contribution is -2.38. The number of nitrogens with zero attached hydrogens (tertiary/aromatic N) is 1. The minimum absolute atomic E-state index is 0.0455. The maximum atomic E-state index is 11.2. The van der Waals surface area contributed by atoms with Gasteiger partial charge in [0.15, 0.2) is 6.10 Å².